The number of hydrogen-bond donors (Lipinski definition) is 2. The SMILES string of the molecule is O=C(C#CCCCCN1CCOCC1)Oc1ccc2ncnc(Nc3ccc4[nH]ccc4c3)c2c1. The van der Waals surface area contributed by atoms with E-state index < -0.39 is 5.97 Å². The summed E-state index contributed by atoms with van der Waals surface area (Å²) in [7, 11) is 0. The summed E-state index contributed by atoms with van der Waals surface area (Å²) >= 11 is 0. The van der Waals surface area contributed by atoms with Crippen LogP contribution < -0.4 is 10.1 Å². The number of rotatable bonds is 7. The van der Waals surface area contributed by atoms with Gasteiger partial charge < -0.3 is 19.8 Å². The van der Waals surface area contributed by atoms with Crippen molar-refractivity contribution in [2.45, 2.75) is 19.3 Å². The number of aromatic nitrogens is 3. The number of anilines is 2. The van der Waals surface area contributed by atoms with Gasteiger partial charge in [0.05, 0.1) is 18.7 Å². The number of morpholine rings is 1. The van der Waals surface area contributed by atoms with Crippen LogP contribution in [0.3, 0.4) is 0 Å². The molecule has 0 aliphatic carbocycles. The van der Waals surface area contributed by atoms with Crippen LogP contribution in [0.4, 0.5) is 11.5 Å². The number of aromatic amines is 1. The molecule has 2 aromatic carbocycles. The Morgan fingerprint density at radius 3 is 2.94 bits per heavy atom. The van der Waals surface area contributed by atoms with Crippen molar-refractivity contribution in [2.75, 3.05) is 38.2 Å². The van der Waals surface area contributed by atoms with E-state index in [1.807, 2.05) is 30.5 Å². The smallest absolute Gasteiger partial charge is 0.389 e. The number of nitrogens with zero attached hydrogens (tertiary/aromatic N) is 3. The predicted molar refractivity (Wildman–Crippen MR) is 136 cm³/mol. The van der Waals surface area contributed by atoms with Gasteiger partial charge in [-0.2, -0.15) is 0 Å². The number of nitrogens with one attached hydrogen (secondary N) is 2. The molecule has 0 bridgehead atoms. The fraction of sp³-hybridized carbons (Fsp3) is 0.296. The Hall–Kier alpha value is -3.93. The summed E-state index contributed by atoms with van der Waals surface area (Å²) in [6.07, 6.45) is 6.10. The number of unbranched alkanes of at least 4 members (excludes halogenated alkanes) is 2. The molecular weight excluding hydrogens is 442 g/mol. The lowest BCUT2D eigenvalue weighted by Crippen LogP contribution is -2.36. The van der Waals surface area contributed by atoms with E-state index in [-0.39, 0.29) is 0 Å². The summed E-state index contributed by atoms with van der Waals surface area (Å²) < 4.78 is 10.8. The maximum atomic E-state index is 12.2. The largest absolute Gasteiger partial charge is 0.417 e. The fourth-order valence-electron chi connectivity index (χ4n) is 4.11. The van der Waals surface area contributed by atoms with Crippen LogP contribution in [0.1, 0.15) is 19.3 Å². The van der Waals surface area contributed by atoms with Gasteiger partial charge in [0.1, 0.15) is 17.9 Å². The lowest BCUT2D eigenvalue weighted by Gasteiger charge is -2.26. The maximum Gasteiger partial charge on any atom is 0.389 e. The van der Waals surface area contributed by atoms with Gasteiger partial charge in [0.2, 0.25) is 0 Å². The second-order valence-electron chi connectivity index (χ2n) is 8.41. The third kappa shape index (κ3) is 5.96. The number of carbonyl (C=O) groups excluding carboxylic acids is 1. The van der Waals surface area contributed by atoms with Gasteiger partial charge in [0.15, 0.2) is 0 Å². The first-order valence-corrected chi connectivity index (χ1v) is 11.8. The molecule has 1 aliphatic rings. The van der Waals surface area contributed by atoms with E-state index in [9.17, 15) is 4.79 Å². The second kappa shape index (κ2) is 11.0. The Labute approximate surface area is 203 Å². The zero-order chi connectivity index (χ0) is 23.9. The van der Waals surface area contributed by atoms with Crippen LogP contribution in [0, 0.1) is 11.8 Å². The quantitative estimate of drug-likeness (QED) is 0.137. The molecule has 0 atom stereocenters. The summed E-state index contributed by atoms with van der Waals surface area (Å²) in [5, 5.41) is 5.20. The molecule has 8 heteroatoms. The van der Waals surface area contributed by atoms with Crippen LogP contribution in [-0.2, 0) is 9.53 Å². The molecule has 2 N–H and O–H groups in total. The highest BCUT2D eigenvalue weighted by molar-refractivity contribution is 5.94. The van der Waals surface area contributed by atoms with Crippen molar-refractivity contribution in [3.05, 3.63) is 55.0 Å². The Balaban J connectivity index is 1.19. The summed E-state index contributed by atoms with van der Waals surface area (Å²) in [5.74, 6) is 5.99. The Bertz CT molecular complexity index is 1380. The Morgan fingerprint density at radius 2 is 2.03 bits per heavy atom. The number of H-pyrrole nitrogens is 1. The van der Waals surface area contributed by atoms with Crippen LogP contribution >= 0.6 is 0 Å². The van der Waals surface area contributed by atoms with Crippen LogP contribution in [0.25, 0.3) is 21.8 Å². The molecule has 0 unspecified atom stereocenters. The third-order valence-electron chi connectivity index (χ3n) is 5.95. The highest BCUT2D eigenvalue weighted by atomic mass is 16.5. The highest BCUT2D eigenvalue weighted by Crippen LogP contribution is 2.28. The Morgan fingerprint density at radius 1 is 1.11 bits per heavy atom. The molecule has 0 radical (unpaired) electrons. The van der Waals surface area contributed by atoms with Gasteiger partial charge in [-0.25, -0.2) is 14.8 Å². The maximum absolute atomic E-state index is 12.2. The summed E-state index contributed by atoms with van der Waals surface area (Å²) in [6, 6.07) is 13.3. The topological polar surface area (TPSA) is 92.4 Å². The van der Waals surface area contributed by atoms with Gasteiger partial charge in [0, 0.05) is 53.6 Å². The molecule has 2 aromatic heterocycles. The molecule has 1 aliphatic heterocycles. The molecule has 5 rings (SSSR count). The van der Waals surface area contributed by atoms with Crippen LogP contribution in [0.2, 0.25) is 0 Å². The number of ether oxygens (including phenoxy) is 2. The summed E-state index contributed by atoms with van der Waals surface area (Å²) in [6.45, 7) is 4.66. The number of benzene rings is 2. The van der Waals surface area contributed by atoms with Gasteiger partial charge in [-0.3, -0.25) is 4.90 Å². The van der Waals surface area contributed by atoms with E-state index in [1.165, 1.54) is 6.33 Å². The van der Waals surface area contributed by atoms with Crippen molar-refractivity contribution in [1.29, 1.82) is 0 Å². The first-order chi connectivity index (χ1) is 17.2. The van der Waals surface area contributed by atoms with Crippen LogP contribution in [0.15, 0.2) is 55.0 Å². The number of esters is 1. The van der Waals surface area contributed by atoms with Gasteiger partial charge in [0.25, 0.3) is 0 Å². The predicted octanol–water partition coefficient (Wildman–Crippen LogP) is 4.27. The molecule has 0 saturated carbocycles. The van der Waals surface area contributed by atoms with E-state index >= 15 is 0 Å². The molecule has 3 heterocycles. The average Bonchev–Trinajstić information content (AvgIpc) is 3.35. The van der Waals surface area contributed by atoms with Gasteiger partial charge in [-0.15, -0.1) is 0 Å². The Kier molecular flexibility index (Phi) is 7.18. The molecule has 0 spiro atoms. The summed E-state index contributed by atoms with van der Waals surface area (Å²) in [4.78, 5) is 26.5. The third-order valence-corrected chi connectivity index (χ3v) is 5.95. The van der Waals surface area contributed by atoms with E-state index in [0.29, 0.717) is 18.0 Å². The zero-order valence-corrected chi connectivity index (χ0v) is 19.4. The minimum Gasteiger partial charge on any atom is -0.417 e. The molecule has 4 aromatic rings. The van der Waals surface area contributed by atoms with Crippen molar-refractivity contribution in [2.24, 2.45) is 0 Å². The van der Waals surface area contributed by atoms with Crippen LogP contribution in [-0.4, -0.2) is 58.7 Å². The normalized spacial score (nSPS) is 13.9. The van der Waals surface area contributed by atoms with E-state index in [1.54, 1.807) is 18.2 Å². The molecule has 0 amide bonds. The minimum absolute atomic E-state index is 0.406. The molecular formula is C27H27N5O3. The lowest BCUT2D eigenvalue weighted by molar-refractivity contribution is -0.128. The highest BCUT2D eigenvalue weighted by Gasteiger charge is 2.10. The molecule has 178 valence electrons. The molecule has 8 nitrogen and oxygen atoms in total. The average molecular weight is 470 g/mol. The van der Waals surface area contributed by atoms with Gasteiger partial charge >= 0.3 is 5.97 Å². The van der Waals surface area contributed by atoms with E-state index in [0.717, 1.165) is 73.2 Å². The van der Waals surface area contributed by atoms with Crippen molar-refractivity contribution in [3.63, 3.8) is 0 Å². The molecule has 35 heavy (non-hydrogen) atoms. The van der Waals surface area contributed by atoms with Crippen LogP contribution in [0.5, 0.6) is 5.75 Å². The first kappa shape index (κ1) is 22.8. The standard InChI is InChI=1S/C27H27N5O3/c33-26(5-3-1-2-4-12-32-13-15-34-16-14-32)35-22-7-9-25-23(18-22)27(30-19-29-25)31-21-6-8-24-20(17-21)10-11-28-24/h6-11,17-19,28H,1-2,4,12-16H2,(H,29,30,31). The van der Waals surface area contributed by atoms with Crippen molar-refractivity contribution in [1.82, 2.24) is 19.9 Å². The van der Waals surface area contributed by atoms with E-state index in [4.69, 9.17) is 9.47 Å². The summed E-state index contributed by atoms with van der Waals surface area (Å²) in [5.41, 5.74) is 2.71. The van der Waals surface area contributed by atoms with E-state index in [2.05, 4.69) is 37.0 Å². The minimum atomic E-state index is -0.568. The number of hydrogen-bond acceptors (Lipinski definition) is 7. The molecule has 1 saturated heterocycles. The first-order valence-electron chi connectivity index (χ1n) is 11.8. The second-order valence-corrected chi connectivity index (χ2v) is 8.41. The monoisotopic (exact) mass is 469 g/mol. The zero-order valence-electron chi connectivity index (χ0n) is 19.4. The van der Waals surface area contributed by atoms with Crippen molar-refractivity contribution >= 4 is 39.3 Å². The number of carbonyl (C=O) groups is 1. The molecule has 1 fully saturated rings. The number of fused-ring (bicyclic) bond motifs is 2. The van der Waals surface area contributed by atoms with Crippen molar-refractivity contribution in [3.8, 4) is 17.6 Å². The van der Waals surface area contributed by atoms with Gasteiger partial charge in [-0.05, 0) is 61.9 Å². The van der Waals surface area contributed by atoms with Crippen molar-refractivity contribution < 1.29 is 14.3 Å². The fourth-order valence-corrected chi connectivity index (χ4v) is 4.11. The van der Waals surface area contributed by atoms with Gasteiger partial charge in [-0.1, -0.05) is 5.92 Å². The lowest BCUT2D eigenvalue weighted by atomic mass is 10.2.